The zero-order valence-corrected chi connectivity index (χ0v) is 13.5. The van der Waals surface area contributed by atoms with E-state index < -0.39 is 0 Å². The number of hydrogen-bond donors (Lipinski definition) is 1. The van der Waals surface area contributed by atoms with Crippen molar-refractivity contribution in [2.45, 2.75) is 45.2 Å². The van der Waals surface area contributed by atoms with Gasteiger partial charge in [-0.05, 0) is 56.2 Å². The molecular weight excluding hydrogens is 318 g/mol. The highest BCUT2D eigenvalue weighted by Crippen LogP contribution is 2.31. The molecule has 2 fully saturated rings. The molecule has 0 aliphatic heterocycles. The molecule has 0 radical (unpaired) electrons. The molecule has 0 aromatic heterocycles. The number of rotatable bonds is 8. The van der Waals surface area contributed by atoms with Crippen molar-refractivity contribution in [2.24, 2.45) is 5.92 Å². The highest BCUT2D eigenvalue weighted by molar-refractivity contribution is 9.10. The summed E-state index contributed by atoms with van der Waals surface area (Å²) in [4.78, 5) is 0. The third-order valence-electron chi connectivity index (χ3n) is 3.81. The van der Waals surface area contributed by atoms with E-state index in [0.717, 1.165) is 34.9 Å². The Kier molecular flexibility index (Phi) is 4.64. The van der Waals surface area contributed by atoms with Crippen molar-refractivity contribution in [3.63, 3.8) is 0 Å². The second-order valence-electron chi connectivity index (χ2n) is 5.94. The lowest BCUT2D eigenvalue weighted by Gasteiger charge is -2.15. The van der Waals surface area contributed by atoms with Crippen molar-refractivity contribution in [2.75, 3.05) is 13.4 Å². The molecule has 110 valence electrons. The number of halogens is 1. The molecule has 2 aliphatic carbocycles. The van der Waals surface area contributed by atoms with Crippen LogP contribution in [0.15, 0.2) is 16.6 Å². The van der Waals surface area contributed by atoms with Gasteiger partial charge >= 0.3 is 0 Å². The van der Waals surface area contributed by atoms with Crippen molar-refractivity contribution in [3.8, 4) is 5.75 Å². The molecular formula is C16H22BrNO2. The van der Waals surface area contributed by atoms with Crippen molar-refractivity contribution in [1.29, 1.82) is 0 Å². The molecule has 1 aromatic rings. The molecule has 4 heteroatoms. The summed E-state index contributed by atoms with van der Waals surface area (Å²) >= 11 is 3.56. The van der Waals surface area contributed by atoms with Gasteiger partial charge in [-0.15, -0.1) is 0 Å². The summed E-state index contributed by atoms with van der Waals surface area (Å²) in [5.74, 6) is 1.75. The maximum atomic E-state index is 5.87. The van der Waals surface area contributed by atoms with Gasteiger partial charge in [0.2, 0.25) is 0 Å². The average molecular weight is 340 g/mol. The average Bonchev–Trinajstić information content (AvgIpc) is 3.27. The van der Waals surface area contributed by atoms with Crippen LogP contribution in [0.3, 0.4) is 0 Å². The van der Waals surface area contributed by atoms with E-state index in [4.69, 9.17) is 9.47 Å². The molecule has 3 nitrogen and oxygen atoms in total. The first kappa shape index (κ1) is 14.4. The van der Waals surface area contributed by atoms with Crippen molar-refractivity contribution in [3.05, 3.63) is 27.7 Å². The lowest BCUT2D eigenvalue weighted by atomic mass is 10.1. The molecule has 0 amide bonds. The Morgan fingerprint density at radius 2 is 2.05 bits per heavy atom. The zero-order valence-electron chi connectivity index (χ0n) is 12.0. The summed E-state index contributed by atoms with van der Waals surface area (Å²) < 4.78 is 12.6. The first-order chi connectivity index (χ1) is 9.72. The van der Waals surface area contributed by atoms with Gasteiger partial charge in [0, 0.05) is 22.6 Å². The smallest absolute Gasteiger partial charge is 0.189 e. The van der Waals surface area contributed by atoms with E-state index in [0.29, 0.717) is 12.8 Å². The molecule has 0 spiro atoms. The van der Waals surface area contributed by atoms with Gasteiger partial charge in [0.25, 0.3) is 0 Å². The largest absolute Gasteiger partial charge is 0.467 e. The van der Waals surface area contributed by atoms with E-state index in [1.54, 1.807) is 0 Å². The molecule has 20 heavy (non-hydrogen) atoms. The fourth-order valence-corrected chi connectivity index (χ4v) is 2.90. The second-order valence-corrected chi connectivity index (χ2v) is 6.86. The van der Waals surface area contributed by atoms with Crippen molar-refractivity contribution in [1.82, 2.24) is 5.32 Å². The minimum atomic E-state index is 0.357. The van der Waals surface area contributed by atoms with Crippen LogP contribution in [0.2, 0.25) is 0 Å². The van der Waals surface area contributed by atoms with Crippen molar-refractivity contribution >= 4 is 15.9 Å². The predicted octanol–water partition coefficient (Wildman–Crippen LogP) is 3.77. The standard InChI is InChI=1S/C16H22BrNO2/c1-11-6-14(17)7-13(8-18-15-4-5-15)16(11)20-10-19-9-12-2-3-12/h6-7,12,15,18H,2-5,8-10H2,1H3. The minimum Gasteiger partial charge on any atom is -0.467 e. The van der Waals surface area contributed by atoms with E-state index in [2.05, 4.69) is 40.3 Å². The molecule has 0 unspecified atom stereocenters. The summed E-state index contributed by atoms with van der Waals surface area (Å²) in [6.45, 7) is 4.14. The Labute approximate surface area is 129 Å². The van der Waals surface area contributed by atoms with Crippen LogP contribution < -0.4 is 10.1 Å². The highest BCUT2D eigenvalue weighted by Gasteiger charge is 2.22. The predicted molar refractivity (Wildman–Crippen MR) is 82.9 cm³/mol. The van der Waals surface area contributed by atoms with Crippen LogP contribution >= 0.6 is 15.9 Å². The van der Waals surface area contributed by atoms with Gasteiger partial charge in [-0.3, -0.25) is 0 Å². The third-order valence-corrected chi connectivity index (χ3v) is 4.27. The normalized spacial score (nSPS) is 18.3. The number of aryl methyl sites for hydroxylation is 1. The van der Waals surface area contributed by atoms with Gasteiger partial charge in [-0.2, -0.15) is 0 Å². The lowest BCUT2D eigenvalue weighted by molar-refractivity contribution is 0.00903. The Bertz CT molecular complexity index is 470. The van der Waals surface area contributed by atoms with Gasteiger partial charge in [-0.1, -0.05) is 15.9 Å². The van der Waals surface area contributed by atoms with Crippen LogP contribution in [-0.2, 0) is 11.3 Å². The van der Waals surface area contributed by atoms with E-state index in [1.165, 1.54) is 31.2 Å². The summed E-state index contributed by atoms with van der Waals surface area (Å²) in [6, 6.07) is 4.93. The van der Waals surface area contributed by atoms with E-state index >= 15 is 0 Å². The summed E-state index contributed by atoms with van der Waals surface area (Å²) in [6.07, 6.45) is 5.23. The van der Waals surface area contributed by atoms with Crippen LogP contribution in [0, 0.1) is 12.8 Å². The summed E-state index contributed by atoms with van der Waals surface area (Å²) in [5, 5.41) is 3.54. The van der Waals surface area contributed by atoms with E-state index in [-0.39, 0.29) is 0 Å². The van der Waals surface area contributed by atoms with Gasteiger partial charge < -0.3 is 14.8 Å². The van der Waals surface area contributed by atoms with Gasteiger partial charge in [-0.25, -0.2) is 0 Å². The SMILES string of the molecule is Cc1cc(Br)cc(CNC2CC2)c1OCOCC1CC1. The van der Waals surface area contributed by atoms with Crippen LogP contribution in [0.4, 0.5) is 0 Å². The Balaban J connectivity index is 1.58. The van der Waals surface area contributed by atoms with Gasteiger partial charge in [0.15, 0.2) is 6.79 Å². The maximum Gasteiger partial charge on any atom is 0.189 e. The molecule has 1 N–H and O–H groups in total. The molecule has 3 rings (SSSR count). The molecule has 0 heterocycles. The zero-order chi connectivity index (χ0) is 13.9. The molecule has 2 saturated carbocycles. The Morgan fingerprint density at radius 3 is 2.75 bits per heavy atom. The fraction of sp³-hybridized carbons (Fsp3) is 0.625. The Hall–Kier alpha value is -0.580. The van der Waals surface area contributed by atoms with E-state index in [9.17, 15) is 0 Å². The molecule has 2 aliphatic rings. The second kappa shape index (κ2) is 6.46. The first-order valence-electron chi connectivity index (χ1n) is 7.45. The highest BCUT2D eigenvalue weighted by atomic mass is 79.9. The molecule has 0 atom stereocenters. The van der Waals surface area contributed by atoms with Crippen LogP contribution in [-0.4, -0.2) is 19.4 Å². The first-order valence-corrected chi connectivity index (χ1v) is 8.24. The monoisotopic (exact) mass is 339 g/mol. The van der Waals surface area contributed by atoms with E-state index in [1.807, 2.05) is 0 Å². The quantitative estimate of drug-likeness (QED) is 0.577. The topological polar surface area (TPSA) is 30.5 Å². The lowest BCUT2D eigenvalue weighted by Crippen LogP contribution is -2.17. The number of nitrogens with one attached hydrogen (secondary N) is 1. The van der Waals surface area contributed by atoms with Gasteiger partial charge in [0.05, 0.1) is 6.61 Å². The van der Waals surface area contributed by atoms with Crippen molar-refractivity contribution < 1.29 is 9.47 Å². The van der Waals surface area contributed by atoms with Crippen LogP contribution in [0.5, 0.6) is 5.75 Å². The molecule has 0 saturated heterocycles. The van der Waals surface area contributed by atoms with Crippen LogP contribution in [0.25, 0.3) is 0 Å². The summed E-state index contributed by atoms with van der Waals surface area (Å²) in [5.41, 5.74) is 2.36. The number of benzene rings is 1. The van der Waals surface area contributed by atoms with Crippen LogP contribution in [0.1, 0.15) is 36.8 Å². The minimum absolute atomic E-state index is 0.357. The Morgan fingerprint density at radius 1 is 1.25 bits per heavy atom. The number of hydrogen-bond acceptors (Lipinski definition) is 3. The maximum absolute atomic E-state index is 5.87. The number of ether oxygens (including phenoxy) is 2. The molecule has 1 aromatic carbocycles. The summed E-state index contributed by atoms with van der Waals surface area (Å²) in [7, 11) is 0. The van der Waals surface area contributed by atoms with Gasteiger partial charge in [0.1, 0.15) is 5.75 Å². The third kappa shape index (κ3) is 4.21. The fourth-order valence-electron chi connectivity index (χ4n) is 2.28. The molecule has 0 bridgehead atoms.